The number of halogens is 1. The molecule has 3 heteroatoms. The largest absolute Gasteiger partial charge is 0.452 e. The van der Waals surface area contributed by atoms with Gasteiger partial charge in [0.2, 0.25) is 0 Å². The summed E-state index contributed by atoms with van der Waals surface area (Å²) in [5.41, 5.74) is 1.86. The average molecular weight is 276 g/mol. The molecular formula is C13H10BrNO. The number of furan rings is 1. The summed E-state index contributed by atoms with van der Waals surface area (Å²) in [6.45, 7) is 0.639. The highest BCUT2D eigenvalue weighted by Gasteiger charge is 1.99. The number of anilines is 1. The van der Waals surface area contributed by atoms with Crippen molar-refractivity contribution < 1.29 is 4.42 Å². The van der Waals surface area contributed by atoms with Gasteiger partial charge in [-0.3, -0.25) is 0 Å². The molecule has 2 nitrogen and oxygen atoms in total. The normalized spacial score (nSPS) is 9.75. The third-order valence-electron chi connectivity index (χ3n) is 2.12. The summed E-state index contributed by atoms with van der Waals surface area (Å²) in [5.74, 6) is 3.47. The van der Waals surface area contributed by atoms with E-state index in [2.05, 4.69) is 27.2 Å². The van der Waals surface area contributed by atoms with E-state index in [4.69, 9.17) is 10.8 Å². The second kappa shape index (κ2) is 4.91. The lowest BCUT2D eigenvalue weighted by molar-refractivity contribution is 0.495. The maximum absolute atomic E-state index is 5.38. The van der Waals surface area contributed by atoms with Gasteiger partial charge in [-0.2, -0.15) is 0 Å². The van der Waals surface area contributed by atoms with Gasteiger partial charge in [0, 0.05) is 11.3 Å². The van der Waals surface area contributed by atoms with Crippen molar-refractivity contribution in [3.63, 3.8) is 0 Å². The van der Waals surface area contributed by atoms with Crippen molar-refractivity contribution in [1.29, 1.82) is 0 Å². The molecule has 0 bridgehead atoms. The molecule has 0 atom stereocenters. The first-order valence-corrected chi connectivity index (χ1v) is 5.62. The van der Waals surface area contributed by atoms with Crippen LogP contribution < -0.4 is 5.32 Å². The van der Waals surface area contributed by atoms with Gasteiger partial charge in [-0.15, -0.1) is 6.42 Å². The van der Waals surface area contributed by atoms with Crippen LogP contribution in [-0.2, 0) is 6.54 Å². The summed E-state index contributed by atoms with van der Waals surface area (Å²) in [5, 5.41) is 3.24. The zero-order valence-electron chi connectivity index (χ0n) is 8.53. The molecule has 2 rings (SSSR count). The third-order valence-corrected chi connectivity index (χ3v) is 2.55. The minimum atomic E-state index is 0.639. The van der Waals surface area contributed by atoms with Crippen LogP contribution >= 0.6 is 15.9 Å². The van der Waals surface area contributed by atoms with Crippen LogP contribution in [0.15, 0.2) is 45.5 Å². The summed E-state index contributed by atoms with van der Waals surface area (Å²) in [6, 6.07) is 11.5. The fourth-order valence-electron chi connectivity index (χ4n) is 1.35. The second-order valence-electron chi connectivity index (χ2n) is 3.28. The Hall–Kier alpha value is -1.66. The van der Waals surface area contributed by atoms with Crippen LogP contribution in [0.25, 0.3) is 0 Å². The maximum atomic E-state index is 5.38. The SMILES string of the molecule is C#Cc1cccc(NCc2ccc(Br)o2)c1. The van der Waals surface area contributed by atoms with Crippen LogP contribution in [0.2, 0.25) is 0 Å². The smallest absolute Gasteiger partial charge is 0.169 e. The molecule has 0 saturated carbocycles. The molecule has 80 valence electrons. The van der Waals surface area contributed by atoms with Crippen molar-refractivity contribution >= 4 is 21.6 Å². The zero-order chi connectivity index (χ0) is 11.4. The van der Waals surface area contributed by atoms with Crippen molar-refractivity contribution in [2.75, 3.05) is 5.32 Å². The van der Waals surface area contributed by atoms with Crippen LogP contribution in [-0.4, -0.2) is 0 Å². The summed E-state index contributed by atoms with van der Waals surface area (Å²) >= 11 is 3.26. The lowest BCUT2D eigenvalue weighted by Gasteiger charge is -2.04. The van der Waals surface area contributed by atoms with E-state index in [1.165, 1.54) is 0 Å². The van der Waals surface area contributed by atoms with E-state index in [1.54, 1.807) is 0 Å². The highest BCUT2D eigenvalue weighted by Crippen LogP contribution is 2.16. The standard InChI is InChI=1S/C13H10BrNO/c1-2-10-4-3-5-11(8-10)15-9-12-6-7-13(14)16-12/h1,3-8,15H,9H2. The number of terminal acetylenes is 1. The zero-order valence-corrected chi connectivity index (χ0v) is 10.1. The van der Waals surface area contributed by atoms with Crippen molar-refractivity contribution in [1.82, 2.24) is 0 Å². The van der Waals surface area contributed by atoms with Crippen molar-refractivity contribution in [3.8, 4) is 12.3 Å². The van der Waals surface area contributed by atoms with Crippen LogP contribution in [0.3, 0.4) is 0 Å². The van der Waals surface area contributed by atoms with Crippen molar-refractivity contribution in [3.05, 3.63) is 52.4 Å². The highest BCUT2D eigenvalue weighted by atomic mass is 79.9. The molecule has 0 unspecified atom stereocenters. The monoisotopic (exact) mass is 275 g/mol. The summed E-state index contributed by atoms with van der Waals surface area (Å²) in [4.78, 5) is 0. The van der Waals surface area contributed by atoms with Gasteiger partial charge < -0.3 is 9.73 Å². The highest BCUT2D eigenvalue weighted by molar-refractivity contribution is 9.10. The molecule has 1 aromatic carbocycles. The quantitative estimate of drug-likeness (QED) is 0.866. The Labute approximate surface area is 103 Å². The molecule has 0 saturated heterocycles. The Kier molecular flexibility index (Phi) is 3.33. The molecular weight excluding hydrogens is 266 g/mol. The molecule has 2 aromatic rings. The van der Waals surface area contributed by atoms with Crippen LogP contribution in [0, 0.1) is 12.3 Å². The van der Waals surface area contributed by atoms with Gasteiger partial charge in [0.15, 0.2) is 4.67 Å². The Morgan fingerprint density at radius 2 is 2.19 bits per heavy atom. The predicted molar refractivity (Wildman–Crippen MR) is 68.1 cm³/mol. The summed E-state index contributed by atoms with van der Waals surface area (Å²) < 4.78 is 6.11. The van der Waals surface area contributed by atoms with Crippen LogP contribution in [0.5, 0.6) is 0 Å². The first kappa shape index (κ1) is 10.8. The van der Waals surface area contributed by atoms with Crippen molar-refractivity contribution in [2.45, 2.75) is 6.54 Å². The van der Waals surface area contributed by atoms with E-state index in [1.807, 2.05) is 36.4 Å². The average Bonchev–Trinajstić information content (AvgIpc) is 2.73. The van der Waals surface area contributed by atoms with Gasteiger partial charge in [0.1, 0.15) is 5.76 Å². The Morgan fingerprint density at radius 3 is 2.88 bits per heavy atom. The Morgan fingerprint density at radius 1 is 1.31 bits per heavy atom. The molecule has 1 aromatic heterocycles. The fourth-order valence-corrected chi connectivity index (χ4v) is 1.69. The van der Waals surface area contributed by atoms with E-state index < -0.39 is 0 Å². The fraction of sp³-hybridized carbons (Fsp3) is 0.0769. The number of nitrogens with one attached hydrogen (secondary N) is 1. The van der Waals surface area contributed by atoms with Gasteiger partial charge in [0.25, 0.3) is 0 Å². The number of rotatable bonds is 3. The topological polar surface area (TPSA) is 25.2 Å². The lowest BCUT2D eigenvalue weighted by atomic mass is 10.2. The molecule has 0 aliphatic rings. The first-order chi connectivity index (χ1) is 7.78. The van der Waals surface area contributed by atoms with Crippen LogP contribution in [0.4, 0.5) is 5.69 Å². The van der Waals surface area contributed by atoms with E-state index in [-0.39, 0.29) is 0 Å². The number of hydrogen-bond donors (Lipinski definition) is 1. The van der Waals surface area contributed by atoms with Gasteiger partial charge in [0.05, 0.1) is 6.54 Å². The summed E-state index contributed by atoms with van der Waals surface area (Å²) in [6.07, 6.45) is 5.33. The minimum Gasteiger partial charge on any atom is -0.452 e. The molecule has 0 aliphatic heterocycles. The first-order valence-electron chi connectivity index (χ1n) is 4.83. The predicted octanol–water partition coefficient (Wildman–Crippen LogP) is 3.64. The van der Waals surface area contributed by atoms with Crippen LogP contribution in [0.1, 0.15) is 11.3 Å². The molecule has 0 fully saturated rings. The van der Waals surface area contributed by atoms with Gasteiger partial charge in [-0.25, -0.2) is 0 Å². The minimum absolute atomic E-state index is 0.639. The van der Waals surface area contributed by atoms with Gasteiger partial charge in [-0.05, 0) is 46.3 Å². The Balaban J connectivity index is 2.02. The molecule has 1 heterocycles. The van der Waals surface area contributed by atoms with E-state index >= 15 is 0 Å². The molecule has 0 spiro atoms. The Bertz CT molecular complexity index is 525. The molecule has 16 heavy (non-hydrogen) atoms. The molecule has 1 N–H and O–H groups in total. The molecule has 0 amide bonds. The van der Waals surface area contributed by atoms with E-state index in [0.717, 1.165) is 21.7 Å². The van der Waals surface area contributed by atoms with Crippen molar-refractivity contribution in [2.24, 2.45) is 0 Å². The second-order valence-corrected chi connectivity index (χ2v) is 4.07. The third kappa shape index (κ3) is 2.68. The van der Waals surface area contributed by atoms with E-state index in [0.29, 0.717) is 6.54 Å². The van der Waals surface area contributed by atoms with Gasteiger partial charge >= 0.3 is 0 Å². The summed E-state index contributed by atoms with van der Waals surface area (Å²) in [7, 11) is 0. The lowest BCUT2D eigenvalue weighted by Crippen LogP contribution is -1.97. The number of hydrogen-bond acceptors (Lipinski definition) is 2. The number of benzene rings is 1. The molecule has 0 radical (unpaired) electrons. The maximum Gasteiger partial charge on any atom is 0.169 e. The molecule has 0 aliphatic carbocycles. The van der Waals surface area contributed by atoms with Gasteiger partial charge in [-0.1, -0.05) is 12.0 Å². The van der Waals surface area contributed by atoms with E-state index in [9.17, 15) is 0 Å².